The van der Waals surface area contributed by atoms with Gasteiger partial charge < -0.3 is 4.74 Å². The second-order valence-corrected chi connectivity index (χ2v) is 2.61. The van der Waals surface area contributed by atoms with Crippen LogP contribution < -0.4 is 4.74 Å². The fraction of sp³-hybridized carbons (Fsp3) is 0.273. The van der Waals surface area contributed by atoms with Gasteiger partial charge in [0, 0.05) is 0 Å². The predicted molar refractivity (Wildman–Crippen MR) is 50.1 cm³/mol. The first-order chi connectivity index (χ1) is 6.29. The Hall–Kier alpha value is -1.49. The zero-order valence-electron chi connectivity index (χ0n) is 7.51. The quantitative estimate of drug-likeness (QED) is 0.646. The third kappa shape index (κ3) is 2.22. The average Bonchev–Trinajstić information content (AvgIpc) is 2.15. The van der Waals surface area contributed by atoms with E-state index < -0.39 is 5.82 Å². The molecule has 0 bridgehead atoms. The SMILES string of the molecule is C#Cc1c(F)cccc1OCCC. The fourth-order valence-corrected chi connectivity index (χ4v) is 0.977. The second kappa shape index (κ2) is 4.51. The molecule has 0 atom stereocenters. The number of halogens is 1. The predicted octanol–water partition coefficient (Wildman–Crippen LogP) is 2.60. The van der Waals surface area contributed by atoms with Crippen LogP contribution in [0, 0.1) is 18.2 Å². The van der Waals surface area contributed by atoms with Crippen molar-refractivity contribution in [3.05, 3.63) is 29.6 Å². The molecule has 0 amide bonds. The van der Waals surface area contributed by atoms with Crippen LogP contribution in [-0.4, -0.2) is 6.61 Å². The Kier molecular flexibility index (Phi) is 3.33. The Morgan fingerprint density at radius 1 is 1.54 bits per heavy atom. The van der Waals surface area contributed by atoms with Crippen molar-refractivity contribution < 1.29 is 9.13 Å². The molecule has 0 fully saturated rings. The molecule has 0 unspecified atom stereocenters. The summed E-state index contributed by atoms with van der Waals surface area (Å²) in [6.07, 6.45) is 6.03. The summed E-state index contributed by atoms with van der Waals surface area (Å²) in [5.74, 6) is 2.31. The van der Waals surface area contributed by atoms with Crippen molar-refractivity contribution in [2.75, 3.05) is 6.61 Å². The zero-order valence-corrected chi connectivity index (χ0v) is 7.51. The van der Waals surface area contributed by atoms with Crippen LogP contribution in [0.1, 0.15) is 18.9 Å². The maximum atomic E-state index is 13.1. The van der Waals surface area contributed by atoms with Gasteiger partial charge in [-0.05, 0) is 18.6 Å². The molecule has 1 aromatic carbocycles. The number of rotatable bonds is 3. The summed E-state index contributed by atoms with van der Waals surface area (Å²) in [6.45, 7) is 2.53. The van der Waals surface area contributed by atoms with Crippen LogP contribution in [0.25, 0.3) is 0 Å². The zero-order chi connectivity index (χ0) is 9.68. The van der Waals surface area contributed by atoms with E-state index in [1.54, 1.807) is 12.1 Å². The third-order valence-corrected chi connectivity index (χ3v) is 1.58. The Morgan fingerprint density at radius 3 is 2.92 bits per heavy atom. The first-order valence-corrected chi connectivity index (χ1v) is 4.17. The second-order valence-electron chi connectivity index (χ2n) is 2.61. The summed E-state index contributed by atoms with van der Waals surface area (Å²) >= 11 is 0. The Morgan fingerprint density at radius 2 is 2.31 bits per heavy atom. The lowest BCUT2D eigenvalue weighted by molar-refractivity contribution is 0.315. The summed E-state index contributed by atoms with van der Waals surface area (Å²) in [6, 6.07) is 4.59. The van der Waals surface area contributed by atoms with Gasteiger partial charge in [0.2, 0.25) is 0 Å². The number of hydrogen-bond donors (Lipinski definition) is 0. The van der Waals surface area contributed by atoms with Crippen molar-refractivity contribution >= 4 is 0 Å². The largest absolute Gasteiger partial charge is 0.492 e. The highest BCUT2D eigenvalue weighted by molar-refractivity contribution is 5.45. The van der Waals surface area contributed by atoms with Crippen molar-refractivity contribution in [2.45, 2.75) is 13.3 Å². The van der Waals surface area contributed by atoms with Gasteiger partial charge in [0.1, 0.15) is 17.1 Å². The highest BCUT2D eigenvalue weighted by atomic mass is 19.1. The van der Waals surface area contributed by atoms with Crippen LogP contribution in [0.3, 0.4) is 0 Å². The topological polar surface area (TPSA) is 9.23 Å². The average molecular weight is 178 g/mol. The maximum absolute atomic E-state index is 13.1. The van der Waals surface area contributed by atoms with Gasteiger partial charge in [-0.2, -0.15) is 0 Å². The molecule has 0 spiro atoms. The molecule has 0 aromatic heterocycles. The molecule has 13 heavy (non-hydrogen) atoms. The summed E-state index contributed by atoms with van der Waals surface area (Å²) in [5, 5.41) is 0. The number of hydrogen-bond acceptors (Lipinski definition) is 1. The smallest absolute Gasteiger partial charge is 0.142 e. The van der Waals surface area contributed by atoms with Crippen LogP contribution in [0.5, 0.6) is 5.75 Å². The molecular formula is C11H11FO. The van der Waals surface area contributed by atoms with E-state index in [0.717, 1.165) is 6.42 Å². The van der Waals surface area contributed by atoms with E-state index in [4.69, 9.17) is 11.2 Å². The first kappa shape index (κ1) is 9.60. The van der Waals surface area contributed by atoms with Crippen LogP contribution in [0.15, 0.2) is 18.2 Å². The molecule has 0 N–H and O–H groups in total. The van der Waals surface area contributed by atoms with E-state index in [1.165, 1.54) is 6.07 Å². The van der Waals surface area contributed by atoms with E-state index in [0.29, 0.717) is 12.4 Å². The van der Waals surface area contributed by atoms with E-state index in [2.05, 4.69) is 5.92 Å². The molecule has 0 radical (unpaired) electrons. The van der Waals surface area contributed by atoms with Crippen molar-refractivity contribution in [2.24, 2.45) is 0 Å². The van der Waals surface area contributed by atoms with Gasteiger partial charge in [0.05, 0.1) is 6.61 Å². The monoisotopic (exact) mass is 178 g/mol. The first-order valence-electron chi connectivity index (χ1n) is 4.17. The highest BCUT2D eigenvalue weighted by Crippen LogP contribution is 2.20. The summed E-state index contributed by atoms with van der Waals surface area (Å²) in [7, 11) is 0. The molecule has 1 nitrogen and oxygen atoms in total. The molecule has 0 aliphatic heterocycles. The van der Waals surface area contributed by atoms with Crippen LogP contribution >= 0.6 is 0 Å². The lowest BCUT2D eigenvalue weighted by Gasteiger charge is -2.06. The van der Waals surface area contributed by atoms with Crippen molar-refractivity contribution in [3.63, 3.8) is 0 Å². The summed E-state index contributed by atoms with van der Waals surface area (Å²) < 4.78 is 18.3. The standard InChI is InChI=1S/C11H11FO/c1-3-8-13-11-7-5-6-10(12)9(11)4-2/h2,5-7H,3,8H2,1H3. The molecule has 0 heterocycles. The molecule has 0 saturated heterocycles. The van der Waals surface area contributed by atoms with Crippen molar-refractivity contribution in [3.8, 4) is 18.1 Å². The summed E-state index contributed by atoms with van der Waals surface area (Å²) in [5.41, 5.74) is 0.205. The minimum absolute atomic E-state index is 0.205. The van der Waals surface area contributed by atoms with E-state index in [-0.39, 0.29) is 5.56 Å². The minimum atomic E-state index is -0.406. The van der Waals surface area contributed by atoms with Crippen molar-refractivity contribution in [1.29, 1.82) is 0 Å². The molecule has 2 heteroatoms. The van der Waals surface area contributed by atoms with Gasteiger partial charge in [-0.3, -0.25) is 0 Å². The molecule has 68 valence electrons. The molecular weight excluding hydrogens is 167 g/mol. The number of benzene rings is 1. The third-order valence-electron chi connectivity index (χ3n) is 1.58. The Balaban J connectivity index is 2.93. The van der Waals surface area contributed by atoms with Crippen LogP contribution in [-0.2, 0) is 0 Å². The van der Waals surface area contributed by atoms with E-state index >= 15 is 0 Å². The van der Waals surface area contributed by atoms with E-state index in [9.17, 15) is 4.39 Å². The maximum Gasteiger partial charge on any atom is 0.142 e. The van der Waals surface area contributed by atoms with Gasteiger partial charge in [-0.1, -0.05) is 18.9 Å². The van der Waals surface area contributed by atoms with Crippen molar-refractivity contribution in [1.82, 2.24) is 0 Å². The molecule has 1 aromatic rings. The fourth-order valence-electron chi connectivity index (χ4n) is 0.977. The molecule has 1 rings (SSSR count). The molecule has 0 aliphatic rings. The number of terminal acetylenes is 1. The molecule has 0 saturated carbocycles. The highest BCUT2D eigenvalue weighted by Gasteiger charge is 2.05. The van der Waals surface area contributed by atoms with Gasteiger partial charge in [-0.15, -0.1) is 6.42 Å². The van der Waals surface area contributed by atoms with Crippen LogP contribution in [0.4, 0.5) is 4.39 Å². The summed E-state index contributed by atoms with van der Waals surface area (Å²) in [4.78, 5) is 0. The van der Waals surface area contributed by atoms with Crippen LogP contribution in [0.2, 0.25) is 0 Å². The lowest BCUT2D eigenvalue weighted by atomic mass is 10.2. The van der Waals surface area contributed by atoms with Gasteiger partial charge in [0.25, 0.3) is 0 Å². The Bertz CT molecular complexity index is 325. The number of ether oxygens (including phenoxy) is 1. The minimum Gasteiger partial charge on any atom is -0.492 e. The lowest BCUT2D eigenvalue weighted by Crippen LogP contribution is -1.98. The normalized spacial score (nSPS) is 9.31. The van der Waals surface area contributed by atoms with Gasteiger partial charge >= 0.3 is 0 Å². The van der Waals surface area contributed by atoms with Gasteiger partial charge in [-0.25, -0.2) is 4.39 Å². The Labute approximate surface area is 77.5 Å². The van der Waals surface area contributed by atoms with E-state index in [1.807, 2.05) is 6.92 Å². The van der Waals surface area contributed by atoms with Gasteiger partial charge in [0.15, 0.2) is 0 Å². The molecule has 0 aliphatic carbocycles.